The Morgan fingerprint density at radius 3 is 2.33 bits per heavy atom. The molecule has 1 aliphatic heterocycles. The van der Waals surface area contributed by atoms with Crippen molar-refractivity contribution in [1.82, 2.24) is 13.9 Å². The fourth-order valence-corrected chi connectivity index (χ4v) is 7.06. The summed E-state index contributed by atoms with van der Waals surface area (Å²) in [5.74, 6) is -0.750. The van der Waals surface area contributed by atoms with Crippen LogP contribution in [0.15, 0.2) is 49.0 Å². The number of carbonyl (C=O) groups excluding carboxylic acids is 2. The quantitative estimate of drug-likeness (QED) is 0.568. The summed E-state index contributed by atoms with van der Waals surface area (Å²) >= 11 is 3.40. The van der Waals surface area contributed by atoms with E-state index in [1.54, 1.807) is 32.9 Å². The Bertz CT molecular complexity index is 1560. The van der Waals surface area contributed by atoms with Crippen LogP contribution in [0.25, 0.3) is 0 Å². The number of hydrogen-bond donors (Lipinski definition) is 1. The van der Waals surface area contributed by atoms with E-state index in [1.165, 1.54) is 23.5 Å². The second-order valence-corrected chi connectivity index (χ2v) is 11.3. The van der Waals surface area contributed by atoms with Crippen molar-refractivity contribution in [2.24, 2.45) is 17.9 Å². The molecule has 2 aliphatic carbocycles. The van der Waals surface area contributed by atoms with Crippen LogP contribution in [0.3, 0.4) is 0 Å². The monoisotopic (exact) mass is 557 g/mol. The molecule has 190 valence electrons. The van der Waals surface area contributed by atoms with Gasteiger partial charge >= 0.3 is 11.4 Å². The first-order valence-electron chi connectivity index (χ1n) is 11.7. The van der Waals surface area contributed by atoms with E-state index in [2.05, 4.69) is 15.9 Å². The molecule has 9 nitrogen and oxygen atoms in total. The molecule has 2 aromatic rings. The fourth-order valence-electron chi connectivity index (χ4n) is 6.60. The average Bonchev–Trinajstić information content (AvgIpc) is 3.07. The van der Waals surface area contributed by atoms with E-state index < -0.39 is 34.2 Å². The second kappa shape index (κ2) is 7.68. The van der Waals surface area contributed by atoms with Gasteiger partial charge in [0.1, 0.15) is 0 Å². The highest BCUT2D eigenvalue weighted by Crippen LogP contribution is 2.66. The Balaban J connectivity index is 1.88. The molecular formula is C26H28BrN3O6. The molecule has 0 unspecified atom stereocenters. The van der Waals surface area contributed by atoms with Crippen LogP contribution in [0.1, 0.15) is 51.6 Å². The number of ether oxygens (including phenoxy) is 1. The van der Waals surface area contributed by atoms with Gasteiger partial charge in [-0.25, -0.2) is 23.5 Å². The van der Waals surface area contributed by atoms with Crippen LogP contribution in [-0.4, -0.2) is 37.7 Å². The Labute approximate surface area is 215 Å². The minimum absolute atomic E-state index is 0.0785. The van der Waals surface area contributed by atoms with Gasteiger partial charge in [-0.05, 0) is 70.6 Å². The predicted octanol–water partition coefficient (Wildman–Crippen LogP) is 2.99. The van der Waals surface area contributed by atoms with Gasteiger partial charge in [0.05, 0.1) is 29.6 Å². The summed E-state index contributed by atoms with van der Waals surface area (Å²) in [5.41, 5.74) is -0.946. The maximum Gasteiger partial charge on any atom is 0.347 e. The Kier molecular flexibility index (Phi) is 5.24. The van der Waals surface area contributed by atoms with Gasteiger partial charge in [-0.1, -0.05) is 19.9 Å². The molecule has 0 spiro atoms. The molecule has 3 aliphatic rings. The summed E-state index contributed by atoms with van der Waals surface area (Å²) < 4.78 is 9.66. The van der Waals surface area contributed by atoms with Crippen LogP contribution in [0, 0.1) is 10.8 Å². The van der Waals surface area contributed by atoms with E-state index in [9.17, 15) is 24.3 Å². The van der Waals surface area contributed by atoms with Crippen LogP contribution < -0.4 is 16.1 Å². The normalized spacial score (nSPS) is 29.5. The molecule has 1 fully saturated rings. The highest BCUT2D eigenvalue weighted by Gasteiger charge is 2.66. The molecule has 0 radical (unpaired) electrons. The number of phenols is 1. The lowest BCUT2D eigenvalue weighted by Crippen LogP contribution is -2.61. The molecule has 0 bridgehead atoms. The van der Waals surface area contributed by atoms with Crippen LogP contribution in [-0.2, 0) is 23.2 Å². The number of rotatable bonds is 2. The van der Waals surface area contributed by atoms with Crippen molar-refractivity contribution in [3.63, 3.8) is 0 Å². The van der Waals surface area contributed by atoms with Crippen LogP contribution in [0.5, 0.6) is 11.5 Å². The first-order chi connectivity index (χ1) is 16.8. The molecule has 4 atom stereocenters. The number of phenolic OH excluding ortho intramolecular Hbond substituents is 1. The Morgan fingerprint density at radius 1 is 1.06 bits per heavy atom. The van der Waals surface area contributed by atoms with E-state index in [0.29, 0.717) is 21.2 Å². The number of hydrogen-bond acceptors (Lipinski definition) is 6. The third-order valence-electron chi connectivity index (χ3n) is 8.91. The third kappa shape index (κ3) is 2.76. The molecule has 0 saturated heterocycles. The summed E-state index contributed by atoms with van der Waals surface area (Å²) in [6.45, 7) is 7.15. The first-order valence-corrected chi connectivity index (χ1v) is 12.5. The van der Waals surface area contributed by atoms with Gasteiger partial charge in [-0.2, -0.15) is 0 Å². The number of Topliss-reactive ketones (excluding diaryl/α,β-unsaturated/α-hetero) is 2. The number of halogens is 1. The molecule has 5 rings (SSSR count). The lowest BCUT2D eigenvalue weighted by molar-refractivity contribution is -0.151. The third-order valence-corrected chi connectivity index (χ3v) is 9.51. The van der Waals surface area contributed by atoms with Crippen molar-refractivity contribution in [3.8, 4) is 11.5 Å². The van der Waals surface area contributed by atoms with Gasteiger partial charge in [0.25, 0.3) is 0 Å². The maximum absolute atomic E-state index is 14.1. The number of methoxy groups -OCH3 is 1. The van der Waals surface area contributed by atoms with E-state index in [-0.39, 0.29) is 36.0 Å². The molecule has 2 heterocycles. The Hall–Kier alpha value is -3.14. The van der Waals surface area contributed by atoms with Crippen molar-refractivity contribution in [2.45, 2.75) is 52.6 Å². The zero-order chi connectivity index (χ0) is 26.5. The smallest absolute Gasteiger partial charge is 0.347 e. The predicted molar refractivity (Wildman–Crippen MR) is 135 cm³/mol. The first kappa shape index (κ1) is 24.5. The number of allylic oxidation sites excluding steroid dienone is 4. The molecule has 1 saturated carbocycles. The van der Waals surface area contributed by atoms with Gasteiger partial charge in [-0.3, -0.25) is 9.59 Å². The van der Waals surface area contributed by atoms with Crippen molar-refractivity contribution in [2.75, 3.05) is 7.11 Å². The van der Waals surface area contributed by atoms with E-state index in [1.807, 2.05) is 13.0 Å². The fraction of sp³-hybridized carbons (Fsp3) is 0.462. The molecule has 1 aromatic heterocycles. The number of benzene rings is 1. The Morgan fingerprint density at radius 2 is 1.69 bits per heavy atom. The average molecular weight is 558 g/mol. The van der Waals surface area contributed by atoms with Gasteiger partial charge in [0, 0.05) is 18.4 Å². The van der Waals surface area contributed by atoms with Crippen molar-refractivity contribution >= 4 is 27.5 Å². The minimum atomic E-state index is -1.18. The highest BCUT2D eigenvalue weighted by atomic mass is 79.9. The van der Waals surface area contributed by atoms with Gasteiger partial charge < -0.3 is 9.84 Å². The summed E-state index contributed by atoms with van der Waals surface area (Å²) in [4.78, 5) is 54.0. The number of aromatic nitrogens is 3. The van der Waals surface area contributed by atoms with Crippen LogP contribution >= 0.6 is 15.9 Å². The van der Waals surface area contributed by atoms with Gasteiger partial charge in [-0.15, -0.1) is 0 Å². The molecule has 1 N–H and O–H groups in total. The number of nitrogens with zero attached hydrogens (tertiary/aromatic N) is 3. The van der Waals surface area contributed by atoms with Crippen molar-refractivity contribution in [1.29, 1.82) is 0 Å². The SMILES string of the molecule is COc1cc([C@H]2C3=CCn4c(=O)n(C)c(=O)n4[C@@H]3C[C@@]3(C)C(=O)C(C)=C(C)C(=O)[C@@]23C)cc(Br)c1O. The van der Waals surface area contributed by atoms with E-state index in [4.69, 9.17) is 4.74 Å². The number of aromatic hydroxyl groups is 1. The topological polar surface area (TPSA) is 113 Å². The lowest BCUT2D eigenvalue weighted by Gasteiger charge is -2.58. The molecule has 10 heteroatoms. The number of fused-ring (bicyclic) bond motifs is 4. The summed E-state index contributed by atoms with van der Waals surface area (Å²) in [5, 5.41) is 10.5. The van der Waals surface area contributed by atoms with E-state index >= 15 is 0 Å². The zero-order valence-electron chi connectivity index (χ0n) is 21.0. The van der Waals surface area contributed by atoms with Crippen LogP contribution in [0.4, 0.5) is 0 Å². The minimum Gasteiger partial charge on any atom is -0.503 e. The maximum atomic E-state index is 14.1. The molecule has 0 amide bonds. The lowest BCUT2D eigenvalue weighted by atomic mass is 9.43. The molecular weight excluding hydrogens is 530 g/mol. The molecule has 36 heavy (non-hydrogen) atoms. The largest absolute Gasteiger partial charge is 0.503 e. The highest BCUT2D eigenvalue weighted by molar-refractivity contribution is 9.10. The van der Waals surface area contributed by atoms with E-state index in [0.717, 1.165) is 10.1 Å². The summed E-state index contributed by atoms with van der Waals surface area (Å²) in [7, 11) is 2.87. The molecule has 1 aromatic carbocycles. The van der Waals surface area contributed by atoms with Crippen molar-refractivity contribution in [3.05, 3.63) is 65.9 Å². The second-order valence-electron chi connectivity index (χ2n) is 10.4. The summed E-state index contributed by atoms with van der Waals surface area (Å²) in [6.07, 6.45) is 2.09. The number of carbonyl (C=O) groups is 2. The van der Waals surface area contributed by atoms with Gasteiger partial charge in [0.15, 0.2) is 23.1 Å². The van der Waals surface area contributed by atoms with Crippen molar-refractivity contribution < 1.29 is 19.4 Å². The summed E-state index contributed by atoms with van der Waals surface area (Å²) in [6, 6.07) is 2.79. The number of ketones is 2. The standard InChI is InChI=1S/C26H28BrN3O6/c1-12-13(2)22(33)26(4)19(14-9-16(27)20(31)18(10-14)36-6)15-7-8-29-23(34)28(5)24(35)30(29)17(15)11-25(26,3)21(12)32/h7,9-10,17,19,31H,8,11H2,1-6H3/t17-,19+,25+,26-/m1/s1. The van der Waals surface area contributed by atoms with Gasteiger partial charge in [0.2, 0.25) is 0 Å². The van der Waals surface area contributed by atoms with Crippen LogP contribution in [0.2, 0.25) is 0 Å². The zero-order valence-corrected chi connectivity index (χ0v) is 22.6.